The number of methoxy groups -OCH3 is 2. The van der Waals surface area contributed by atoms with E-state index >= 15 is 0 Å². The smallest absolute Gasteiger partial charge is 0.332 e. The second kappa shape index (κ2) is 7.84. The van der Waals surface area contributed by atoms with E-state index in [-0.39, 0.29) is 13.0 Å². The van der Waals surface area contributed by atoms with E-state index in [4.69, 9.17) is 19.7 Å². The highest BCUT2D eigenvalue weighted by molar-refractivity contribution is 9.10. The number of aliphatic hydroxyl groups excluding tert-OH is 1. The Labute approximate surface area is 130 Å². The SMILES string of the molecule is COc1cc(C(=O)NCC[C@H](O)C(=O)O)cc(OC)c1Br. The van der Waals surface area contributed by atoms with Crippen LogP contribution in [0.3, 0.4) is 0 Å². The van der Waals surface area contributed by atoms with Crippen LogP contribution in [0.5, 0.6) is 11.5 Å². The largest absolute Gasteiger partial charge is 0.495 e. The molecule has 0 aliphatic carbocycles. The normalized spacial score (nSPS) is 11.6. The predicted molar refractivity (Wildman–Crippen MR) is 77.8 cm³/mol. The Morgan fingerprint density at radius 2 is 1.81 bits per heavy atom. The lowest BCUT2D eigenvalue weighted by Gasteiger charge is -2.12. The van der Waals surface area contributed by atoms with E-state index in [1.165, 1.54) is 26.4 Å². The Balaban J connectivity index is 2.76. The van der Waals surface area contributed by atoms with E-state index in [0.29, 0.717) is 21.5 Å². The van der Waals surface area contributed by atoms with E-state index in [9.17, 15) is 9.59 Å². The second-order valence-corrected chi connectivity index (χ2v) is 4.89. The quantitative estimate of drug-likeness (QED) is 0.669. The Kier molecular flexibility index (Phi) is 6.44. The van der Waals surface area contributed by atoms with E-state index in [2.05, 4.69) is 21.2 Å². The van der Waals surface area contributed by atoms with Crippen LogP contribution in [-0.4, -0.2) is 49.0 Å². The van der Waals surface area contributed by atoms with E-state index in [1.807, 2.05) is 0 Å². The van der Waals surface area contributed by atoms with Gasteiger partial charge in [0.25, 0.3) is 5.91 Å². The molecule has 1 atom stereocenters. The first kappa shape index (κ1) is 17.3. The fourth-order valence-electron chi connectivity index (χ4n) is 1.55. The van der Waals surface area contributed by atoms with Gasteiger partial charge in [0.2, 0.25) is 0 Å². The number of carbonyl (C=O) groups is 2. The third-order valence-electron chi connectivity index (χ3n) is 2.70. The minimum absolute atomic E-state index is 0.0347. The molecule has 21 heavy (non-hydrogen) atoms. The maximum Gasteiger partial charge on any atom is 0.332 e. The van der Waals surface area contributed by atoms with Gasteiger partial charge in [0.05, 0.1) is 14.2 Å². The van der Waals surface area contributed by atoms with Gasteiger partial charge in [0.15, 0.2) is 6.10 Å². The molecule has 1 aromatic rings. The number of hydrogen-bond acceptors (Lipinski definition) is 5. The number of aliphatic hydroxyl groups is 1. The number of rotatable bonds is 7. The number of hydrogen-bond donors (Lipinski definition) is 3. The molecule has 0 spiro atoms. The molecular weight excluding hydrogens is 346 g/mol. The maximum atomic E-state index is 12.0. The zero-order chi connectivity index (χ0) is 16.0. The number of benzene rings is 1. The number of ether oxygens (including phenoxy) is 2. The summed E-state index contributed by atoms with van der Waals surface area (Å²) in [6.07, 6.45) is -1.58. The molecule has 0 unspecified atom stereocenters. The Hall–Kier alpha value is -1.80. The molecule has 0 saturated carbocycles. The monoisotopic (exact) mass is 361 g/mol. The molecule has 7 nitrogen and oxygen atoms in total. The van der Waals surface area contributed by atoms with Gasteiger partial charge in [-0.25, -0.2) is 4.79 Å². The average molecular weight is 362 g/mol. The first-order valence-electron chi connectivity index (χ1n) is 6.01. The van der Waals surface area contributed by atoms with Crippen molar-refractivity contribution in [2.24, 2.45) is 0 Å². The highest BCUT2D eigenvalue weighted by Gasteiger charge is 2.16. The van der Waals surface area contributed by atoms with Crippen molar-refractivity contribution in [1.82, 2.24) is 5.32 Å². The lowest BCUT2D eigenvalue weighted by molar-refractivity contribution is -0.146. The van der Waals surface area contributed by atoms with E-state index in [1.54, 1.807) is 0 Å². The zero-order valence-corrected chi connectivity index (χ0v) is 13.1. The average Bonchev–Trinajstić information content (AvgIpc) is 2.46. The van der Waals surface area contributed by atoms with Crippen LogP contribution in [0.2, 0.25) is 0 Å². The number of carbonyl (C=O) groups excluding carboxylic acids is 1. The maximum absolute atomic E-state index is 12.0. The number of carboxylic acids is 1. The van der Waals surface area contributed by atoms with Crippen molar-refractivity contribution in [3.63, 3.8) is 0 Å². The lowest BCUT2D eigenvalue weighted by atomic mass is 10.1. The summed E-state index contributed by atoms with van der Waals surface area (Å²) in [7, 11) is 2.93. The molecule has 0 heterocycles. The first-order valence-corrected chi connectivity index (χ1v) is 6.80. The molecule has 0 aliphatic rings. The van der Waals surface area contributed by atoms with Crippen molar-refractivity contribution in [3.05, 3.63) is 22.2 Å². The van der Waals surface area contributed by atoms with E-state index in [0.717, 1.165) is 0 Å². The van der Waals surface area contributed by atoms with Crippen molar-refractivity contribution < 1.29 is 29.3 Å². The third kappa shape index (κ3) is 4.61. The first-order chi connectivity index (χ1) is 9.90. The summed E-state index contributed by atoms with van der Waals surface area (Å²) >= 11 is 3.29. The highest BCUT2D eigenvalue weighted by atomic mass is 79.9. The standard InChI is InChI=1S/C13H16BrNO6/c1-20-9-5-7(6-10(21-2)11(9)14)12(17)15-4-3-8(16)13(18)19/h5-6,8,16H,3-4H2,1-2H3,(H,15,17)(H,18,19)/t8-/m0/s1. The summed E-state index contributed by atoms with van der Waals surface area (Å²) in [4.78, 5) is 22.4. The minimum atomic E-state index is -1.50. The molecule has 0 bridgehead atoms. The Morgan fingerprint density at radius 1 is 1.29 bits per heavy atom. The van der Waals surface area contributed by atoms with Gasteiger partial charge in [-0.05, 0) is 28.1 Å². The topological polar surface area (TPSA) is 105 Å². The van der Waals surface area contributed by atoms with Crippen LogP contribution in [0.4, 0.5) is 0 Å². The fraction of sp³-hybridized carbons (Fsp3) is 0.385. The second-order valence-electron chi connectivity index (χ2n) is 4.09. The number of amides is 1. The minimum Gasteiger partial charge on any atom is -0.495 e. The van der Waals surface area contributed by atoms with Crippen LogP contribution >= 0.6 is 15.9 Å². The summed E-state index contributed by atoms with van der Waals surface area (Å²) in [6.45, 7) is 0.0347. The summed E-state index contributed by atoms with van der Waals surface area (Å²) in [5.41, 5.74) is 0.303. The lowest BCUT2D eigenvalue weighted by Crippen LogP contribution is -2.30. The zero-order valence-electron chi connectivity index (χ0n) is 11.6. The number of halogens is 1. The van der Waals surface area contributed by atoms with Gasteiger partial charge in [-0.2, -0.15) is 0 Å². The van der Waals surface area contributed by atoms with Crippen LogP contribution in [-0.2, 0) is 4.79 Å². The molecular formula is C13H16BrNO6. The molecule has 3 N–H and O–H groups in total. The molecule has 0 fully saturated rings. The van der Waals surface area contributed by atoms with Crippen LogP contribution in [0.15, 0.2) is 16.6 Å². The molecule has 0 aliphatic heterocycles. The summed E-state index contributed by atoms with van der Waals surface area (Å²) < 4.78 is 10.8. The van der Waals surface area contributed by atoms with Gasteiger partial charge in [-0.15, -0.1) is 0 Å². The molecule has 0 aromatic heterocycles. The fourth-order valence-corrected chi connectivity index (χ4v) is 2.10. The Morgan fingerprint density at radius 3 is 2.24 bits per heavy atom. The van der Waals surface area contributed by atoms with Gasteiger partial charge in [-0.3, -0.25) is 4.79 Å². The van der Waals surface area contributed by atoms with Crippen LogP contribution in [0, 0.1) is 0 Å². The summed E-state index contributed by atoms with van der Waals surface area (Å²) in [6, 6.07) is 3.05. The van der Waals surface area contributed by atoms with Crippen LogP contribution in [0.25, 0.3) is 0 Å². The summed E-state index contributed by atoms with van der Waals surface area (Å²) in [5.74, 6) is -0.872. The molecule has 8 heteroatoms. The van der Waals surface area contributed by atoms with Crippen molar-refractivity contribution in [2.75, 3.05) is 20.8 Å². The highest BCUT2D eigenvalue weighted by Crippen LogP contribution is 2.35. The van der Waals surface area contributed by atoms with Gasteiger partial charge >= 0.3 is 5.97 Å². The van der Waals surface area contributed by atoms with Crippen LogP contribution in [0.1, 0.15) is 16.8 Å². The van der Waals surface area contributed by atoms with Gasteiger partial charge in [-0.1, -0.05) is 0 Å². The van der Waals surface area contributed by atoms with Crippen molar-refractivity contribution in [2.45, 2.75) is 12.5 Å². The van der Waals surface area contributed by atoms with Crippen molar-refractivity contribution >= 4 is 27.8 Å². The number of aliphatic carboxylic acids is 1. The number of nitrogens with one attached hydrogen (secondary N) is 1. The molecule has 1 amide bonds. The predicted octanol–water partition coefficient (Wildman–Crippen LogP) is 1.03. The molecule has 0 saturated heterocycles. The molecule has 1 aromatic carbocycles. The van der Waals surface area contributed by atoms with E-state index < -0.39 is 18.0 Å². The van der Waals surface area contributed by atoms with Gasteiger partial charge < -0.3 is 25.0 Å². The third-order valence-corrected chi connectivity index (χ3v) is 3.48. The molecule has 116 valence electrons. The Bertz CT molecular complexity index is 508. The molecule has 1 rings (SSSR count). The van der Waals surface area contributed by atoms with Crippen molar-refractivity contribution in [3.8, 4) is 11.5 Å². The summed E-state index contributed by atoms with van der Waals surface area (Å²) in [5, 5.41) is 20.2. The van der Waals surface area contributed by atoms with Crippen molar-refractivity contribution in [1.29, 1.82) is 0 Å². The van der Waals surface area contributed by atoms with Gasteiger partial charge in [0.1, 0.15) is 16.0 Å². The van der Waals surface area contributed by atoms with Gasteiger partial charge in [0, 0.05) is 18.5 Å². The molecule has 0 radical (unpaired) electrons. The number of carboxylic acid groups (broad SMARTS) is 1. The van der Waals surface area contributed by atoms with Crippen LogP contribution < -0.4 is 14.8 Å².